The molecule has 0 aliphatic carbocycles. The maximum Gasteiger partial charge on any atom is 0.247 e. The lowest BCUT2D eigenvalue weighted by Crippen LogP contribution is -1.78. The van der Waals surface area contributed by atoms with E-state index in [1.54, 1.807) is 18.6 Å². The Bertz CT molecular complexity index is 631. The Labute approximate surface area is 92.0 Å². The lowest BCUT2D eigenvalue weighted by Gasteiger charge is -1.90. The van der Waals surface area contributed by atoms with Crippen LogP contribution < -0.4 is 0 Å². The van der Waals surface area contributed by atoms with E-state index >= 15 is 0 Å². The van der Waals surface area contributed by atoms with E-state index in [4.69, 9.17) is 4.42 Å². The number of aromatic nitrogens is 3. The monoisotopic (exact) mass is 211 g/mol. The Morgan fingerprint density at radius 1 is 1.25 bits per heavy atom. The summed E-state index contributed by atoms with van der Waals surface area (Å²) in [7, 11) is 0. The van der Waals surface area contributed by atoms with Crippen LogP contribution in [0.15, 0.2) is 41.2 Å². The van der Waals surface area contributed by atoms with Crippen LogP contribution in [0.5, 0.6) is 0 Å². The lowest BCUT2D eigenvalue weighted by atomic mass is 10.3. The summed E-state index contributed by atoms with van der Waals surface area (Å²) < 4.78 is 5.55. The van der Waals surface area contributed by atoms with Crippen LogP contribution in [0.25, 0.3) is 22.7 Å². The average Bonchev–Trinajstić information content (AvgIpc) is 2.73. The SMILES string of the molecule is Cc1cnc2oc(-c3cccnc3)nc2c1. The van der Waals surface area contributed by atoms with Crippen LogP contribution >= 0.6 is 0 Å². The number of aryl methyl sites for hydroxylation is 1. The third-order valence-corrected chi connectivity index (χ3v) is 2.29. The normalized spacial score (nSPS) is 10.8. The van der Waals surface area contributed by atoms with Crippen molar-refractivity contribution in [3.8, 4) is 11.5 Å². The summed E-state index contributed by atoms with van der Waals surface area (Å²) in [6.45, 7) is 1.98. The molecule has 3 aromatic rings. The van der Waals surface area contributed by atoms with Gasteiger partial charge in [-0.15, -0.1) is 0 Å². The maximum atomic E-state index is 5.55. The van der Waals surface area contributed by atoms with Crippen molar-refractivity contribution in [1.82, 2.24) is 15.0 Å². The first kappa shape index (κ1) is 9.03. The number of fused-ring (bicyclic) bond motifs is 1. The Morgan fingerprint density at radius 3 is 3.00 bits per heavy atom. The van der Waals surface area contributed by atoms with Crippen molar-refractivity contribution >= 4 is 11.2 Å². The minimum atomic E-state index is 0.557. The van der Waals surface area contributed by atoms with Gasteiger partial charge in [-0.3, -0.25) is 4.98 Å². The van der Waals surface area contributed by atoms with Gasteiger partial charge in [0.25, 0.3) is 0 Å². The van der Waals surface area contributed by atoms with E-state index in [0.29, 0.717) is 11.6 Å². The Kier molecular flexibility index (Phi) is 1.93. The minimum Gasteiger partial charge on any atom is -0.418 e. The van der Waals surface area contributed by atoms with Gasteiger partial charge in [-0.1, -0.05) is 0 Å². The smallest absolute Gasteiger partial charge is 0.247 e. The van der Waals surface area contributed by atoms with E-state index in [0.717, 1.165) is 16.6 Å². The molecule has 78 valence electrons. The molecule has 0 radical (unpaired) electrons. The summed E-state index contributed by atoms with van der Waals surface area (Å²) in [6.07, 6.45) is 5.20. The predicted molar refractivity (Wildman–Crippen MR) is 59.8 cm³/mol. The number of hydrogen-bond donors (Lipinski definition) is 0. The Morgan fingerprint density at radius 2 is 2.19 bits per heavy atom. The van der Waals surface area contributed by atoms with Gasteiger partial charge in [0.15, 0.2) is 0 Å². The molecule has 0 saturated carbocycles. The molecule has 3 heterocycles. The Balaban J connectivity index is 2.19. The van der Waals surface area contributed by atoms with Crippen LogP contribution in [-0.2, 0) is 0 Å². The highest BCUT2D eigenvalue weighted by Crippen LogP contribution is 2.22. The first-order chi connectivity index (χ1) is 7.83. The molecule has 0 aliphatic heterocycles. The van der Waals surface area contributed by atoms with Gasteiger partial charge < -0.3 is 4.42 Å². The number of nitrogens with zero attached hydrogens (tertiary/aromatic N) is 3. The van der Waals surface area contributed by atoms with Gasteiger partial charge in [0, 0.05) is 18.6 Å². The van der Waals surface area contributed by atoms with Crippen molar-refractivity contribution in [2.45, 2.75) is 6.92 Å². The molecule has 0 atom stereocenters. The van der Waals surface area contributed by atoms with E-state index < -0.39 is 0 Å². The molecular weight excluding hydrogens is 202 g/mol. The molecule has 3 rings (SSSR count). The molecule has 4 nitrogen and oxygen atoms in total. The van der Waals surface area contributed by atoms with Crippen molar-refractivity contribution < 1.29 is 4.42 Å². The zero-order valence-electron chi connectivity index (χ0n) is 8.71. The summed E-state index contributed by atoms with van der Waals surface area (Å²) in [5.41, 5.74) is 3.26. The molecule has 0 aromatic carbocycles. The topological polar surface area (TPSA) is 51.8 Å². The van der Waals surface area contributed by atoms with E-state index in [1.165, 1.54) is 0 Å². The van der Waals surface area contributed by atoms with Crippen molar-refractivity contribution in [2.24, 2.45) is 0 Å². The third kappa shape index (κ3) is 1.44. The van der Waals surface area contributed by atoms with Gasteiger partial charge in [-0.2, -0.15) is 0 Å². The second-order valence-corrected chi connectivity index (χ2v) is 3.60. The van der Waals surface area contributed by atoms with Crippen LogP contribution in [0, 0.1) is 6.92 Å². The molecular formula is C12H9N3O. The van der Waals surface area contributed by atoms with Gasteiger partial charge in [0.2, 0.25) is 11.6 Å². The maximum absolute atomic E-state index is 5.55. The molecule has 0 saturated heterocycles. The van der Waals surface area contributed by atoms with Crippen molar-refractivity contribution in [3.63, 3.8) is 0 Å². The second-order valence-electron chi connectivity index (χ2n) is 3.60. The Hall–Kier alpha value is -2.23. The molecule has 0 amide bonds. The first-order valence-corrected chi connectivity index (χ1v) is 4.96. The number of pyridine rings is 2. The molecule has 3 aromatic heterocycles. The summed E-state index contributed by atoms with van der Waals surface area (Å²) in [5.74, 6) is 0.557. The van der Waals surface area contributed by atoms with E-state index in [-0.39, 0.29) is 0 Å². The minimum absolute atomic E-state index is 0.557. The number of hydrogen-bond acceptors (Lipinski definition) is 4. The molecule has 0 bridgehead atoms. The molecule has 0 spiro atoms. The fraction of sp³-hybridized carbons (Fsp3) is 0.0833. The number of oxazole rings is 1. The highest BCUT2D eigenvalue weighted by Gasteiger charge is 2.08. The lowest BCUT2D eigenvalue weighted by molar-refractivity contribution is 0.607. The van der Waals surface area contributed by atoms with Crippen LogP contribution in [0.4, 0.5) is 0 Å². The third-order valence-electron chi connectivity index (χ3n) is 2.29. The standard InChI is InChI=1S/C12H9N3O/c1-8-5-10-12(14-6-8)16-11(15-10)9-3-2-4-13-7-9/h2-7H,1H3. The van der Waals surface area contributed by atoms with Crippen LogP contribution in [0.3, 0.4) is 0 Å². The molecule has 4 heteroatoms. The van der Waals surface area contributed by atoms with Crippen molar-refractivity contribution in [1.29, 1.82) is 0 Å². The molecule has 16 heavy (non-hydrogen) atoms. The van der Waals surface area contributed by atoms with E-state index in [1.807, 2.05) is 25.1 Å². The summed E-state index contributed by atoms with van der Waals surface area (Å²) in [6, 6.07) is 5.71. The van der Waals surface area contributed by atoms with Crippen molar-refractivity contribution in [2.75, 3.05) is 0 Å². The van der Waals surface area contributed by atoms with Gasteiger partial charge >= 0.3 is 0 Å². The summed E-state index contributed by atoms with van der Waals surface area (Å²) in [4.78, 5) is 12.6. The summed E-state index contributed by atoms with van der Waals surface area (Å²) in [5, 5.41) is 0. The van der Waals surface area contributed by atoms with Crippen molar-refractivity contribution in [3.05, 3.63) is 42.4 Å². The molecule has 0 aliphatic rings. The van der Waals surface area contributed by atoms with Gasteiger partial charge in [-0.05, 0) is 30.7 Å². The fourth-order valence-corrected chi connectivity index (χ4v) is 1.54. The number of rotatable bonds is 1. The highest BCUT2D eigenvalue weighted by molar-refractivity contribution is 5.72. The van der Waals surface area contributed by atoms with Crippen LogP contribution in [0.1, 0.15) is 5.56 Å². The van der Waals surface area contributed by atoms with E-state index in [2.05, 4.69) is 15.0 Å². The average molecular weight is 211 g/mol. The largest absolute Gasteiger partial charge is 0.418 e. The van der Waals surface area contributed by atoms with Gasteiger partial charge in [-0.25, -0.2) is 9.97 Å². The molecule has 0 fully saturated rings. The second kappa shape index (κ2) is 3.41. The highest BCUT2D eigenvalue weighted by atomic mass is 16.4. The van der Waals surface area contributed by atoms with Gasteiger partial charge in [0.1, 0.15) is 5.52 Å². The van der Waals surface area contributed by atoms with E-state index in [9.17, 15) is 0 Å². The zero-order valence-corrected chi connectivity index (χ0v) is 8.71. The zero-order chi connectivity index (χ0) is 11.0. The quantitative estimate of drug-likeness (QED) is 0.620. The van der Waals surface area contributed by atoms with Crippen LogP contribution in [-0.4, -0.2) is 15.0 Å². The summed E-state index contributed by atoms with van der Waals surface area (Å²) >= 11 is 0. The molecule has 0 N–H and O–H groups in total. The van der Waals surface area contributed by atoms with Gasteiger partial charge in [0.05, 0.1) is 5.56 Å². The first-order valence-electron chi connectivity index (χ1n) is 4.96. The fourth-order valence-electron chi connectivity index (χ4n) is 1.54. The van der Waals surface area contributed by atoms with Crippen LogP contribution in [0.2, 0.25) is 0 Å². The predicted octanol–water partition coefficient (Wildman–Crippen LogP) is 2.59. The molecule has 0 unspecified atom stereocenters.